The fraction of sp³-hybridized carbons (Fsp3) is 0. The molecule has 0 aliphatic carbocycles. The summed E-state index contributed by atoms with van der Waals surface area (Å²) in [5, 5.41) is 0.741. The fourth-order valence-corrected chi connectivity index (χ4v) is 2.29. The predicted molar refractivity (Wildman–Crippen MR) is 82.6 cm³/mol. The molecule has 0 aliphatic heterocycles. The van der Waals surface area contributed by atoms with Gasteiger partial charge in [-0.3, -0.25) is 4.79 Å². The van der Waals surface area contributed by atoms with Crippen LogP contribution in [0.2, 0.25) is 0 Å². The average Bonchev–Trinajstić information content (AvgIpc) is 2.53. The number of carbonyl (C=O) groups excluding carboxylic acids is 1. The maximum absolute atomic E-state index is 11.2. The molecule has 21 heavy (non-hydrogen) atoms. The van der Waals surface area contributed by atoms with Crippen LogP contribution in [-0.4, -0.2) is 16.3 Å². The van der Waals surface area contributed by atoms with Crippen molar-refractivity contribution in [3.8, 4) is 11.1 Å². The molecule has 0 aliphatic rings. The Morgan fingerprint density at radius 2 is 1.90 bits per heavy atom. The van der Waals surface area contributed by atoms with Gasteiger partial charge in [-0.05, 0) is 23.3 Å². The number of aromatic nitrogens is 2. The highest BCUT2D eigenvalue weighted by atomic mass is 16.1. The Bertz CT molecular complexity index is 831. The van der Waals surface area contributed by atoms with Crippen LogP contribution < -0.4 is 17.0 Å². The van der Waals surface area contributed by atoms with Gasteiger partial charge in [-0.25, -0.2) is 10.8 Å². The minimum atomic E-state index is 0.150. The average molecular weight is 279 g/mol. The quantitative estimate of drug-likeness (QED) is 0.384. The summed E-state index contributed by atoms with van der Waals surface area (Å²) >= 11 is 0. The number of nitrogens with zero attached hydrogens (tertiary/aromatic N) is 2. The smallest absolute Gasteiger partial charge is 0.222 e. The summed E-state index contributed by atoms with van der Waals surface area (Å²) in [4.78, 5) is 19.4. The number of benzene rings is 2. The first-order valence-corrected chi connectivity index (χ1v) is 6.31. The molecule has 0 saturated heterocycles. The van der Waals surface area contributed by atoms with E-state index >= 15 is 0 Å². The molecule has 3 aromatic rings. The predicted octanol–water partition coefficient (Wildman–Crippen LogP) is 1.98. The van der Waals surface area contributed by atoms with Gasteiger partial charge in [0.15, 0.2) is 12.1 Å². The van der Waals surface area contributed by atoms with Gasteiger partial charge in [0, 0.05) is 10.9 Å². The van der Waals surface area contributed by atoms with Gasteiger partial charge in [0.1, 0.15) is 0 Å². The van der Waals surface area contributed by atoms with Gasteiger partial charge in [0.05, 0.1) is 5.52 Å². The number of nitrogens with two attached hydrogens (primary N) is 2. The SMILES string of the molecule is NNc1nc(N)nc2ccc(-c3ccccc3C=O)cc12. The molecule has 1 heterocycles. The standard InChI is InChI=1S/C15H13N5O/c16-15-18-13-6-5-9(7-12(13)14(19-15)20-17)11-4-2-1-3-10(11)8-21/h1-8H,17H2,(H3,16,18,19,20). The third-order valence-corrected chi connectivity index (χ3v) is 3.25. The number of hydrogen-bond acceptors (Lipinski definition) is 6. The van der Waals surface area contributed by atoms with Gasteiger partial charge < -0.3 is 11.2 Å². The molecule has 0 radical (unpaired) electrons. The Hall–Kier alpha value is -2.99. The number of hydrogen-bond donors (Lipinski definition) is 3. The fourth-order valence-electron chi connectivity index (χ4n) is 2.29. The van der Waals surface area contributed by atoms with Crippen LogP contribution >= 0.6 is 0 Å². The second-order valence-electron chi connectivity index (χ2n) is 4.51. The zero-order valence-electron chi connectivity index (χ0n) is 11.1. The number of rotatable bonds is 3. The molecule has 0 spiro atoms. The van der Waals surface area contributed by atoms with E-state index in [-0.39, 0.29) is 5.95 Å². The van der Waals surface area contributed by atoms with Crippen LogP contribution in [0.15, 0.2) is 42.5 Å². The van der Waals surface area contributed by atoms with Crippen LogP contribution in [-0.2, 0) is 0 Å². The lowest BCUT2D eigenvalue weighted by atomic mass is 9.99. The van der Waals surface area contributed by atoms with Crippen molar-refractivity contribution in [3.05, 3.63) is 48.0 Å². The van der Waals surface area contributed by atoms with Crippen LogP contribution in [0.4, 0.5) is 11.8 Å². The summed E-state index contributed by atoms with van der Waals surface area (Å²) in [6.07, 6.45) is 0.834. The Morgan fingerprint density at radius 1 is 1.10 bits per heavy atom. The van der Waals surface area contributed by atoms with Gasteiger partial charge in [0.25, 0.3) is 0 Å². The van der Waals surface area contributed by atoms with Crippen molar-refractivity contribution in [2.45, 2.75) is 0 Å². The van der Waals surface area contributed by atoms with Crippen molar-refractivity contribution in [1.82, 2.24) is 9.97 Å². The van der Waals surface area contributed by atoms with Crippen LogP contribution in [0.3, 0.4) is 0 Å². The van der Waals surface area contributed by atoms with Crippen LogP contribution in [0, 0.1) is 0 Å². The van der Waals surface area contributed by atoms with E-state index in [0.29, 0.717) is 16.9 Å². The van der Waals surface area contributed by atoms with E-state index in [1.54, 1.807) is 6.07 Å². The van der Waals surface area contributed by atoms with Crippen molar-refractivity contribution in [3.63, 3.8) is 0 Å². The Labute approximate surface area is 120 Å². The second kappa shape index (κ2) is 5.18. The largest absolute Gasteiger partial charge is 0.368 e. The zero-order valence-corrected chi connectivity index (χ0v) is 11.1. The molecular formula is C15H13N5O. The van der Waals surface area contributed by atoms with E-state index in [4.69, 9.17) is 11.6 Å². The Kier molecular flexibility index (Phi) is 3.21. The molecule has 6 nitrogen and oxygen atoms in total. The Morgan fingerprint density at radius 3 is 2.67 bits per heavy atom. The van der Waals surface area contributed by atoms with E-state index in [1.165, 1.54) is 0 Å². The first kappa shape index (κ1) is 13.0. The lowest BCUT2D eigenvalue weighted by Crippen LogP contribution is -2.11. The van der Waals surface area contributed by atoms with Crippen molar-refractivity contribution >= 4 is 29.0 Å². The van der Waals surface area contributed by atoms with Gasteiger partial charge in [-0.15, -0.1) is 0 Å². The van der Waals surface area contributed by atoms with E-state index in [0.717, 1.165) is 22.8 Å². The lowest BCUT2D eigenvalue weighted by Gasteiger charge is -2.09. The zero-order chi connectivity index (χ0) is 14.8. The molecule has 0 fully saturated rings. The van der Waals surface area contributed by atoms with Gasteiger partial charge in [-0.2, -0.15) is 4.98 Å². The molecule has 3 rings (SSSR count). The molecule has 0 amide bonds. The number of anilines is 2. The molecular weight excluding hydrogens is 266 g/mol. The number of carbonyl (C=O) groups is 1. The lowest BCUT2D eigenvalue weighted by molar-refractivity contribution is 0.112. The third-order valence-electron chi connectivity index (χ3n) is 3.25. The number of nitrogens with one attached hydrogen (secondary N) is 1. The highest BCUT2D eigenvalue weighted by molar-refractivity contribution is 5.95. The van der Waals surface area contributed by atoms with Crippen LogP contribution in [0.25, 0.3) is 22.0 Å². The van der Waals surface area contributed by atoms with Crippen molar-refractivity contribution in [2.75, 3.05) is 11.2 Å². The second-order valence-corrected chi connectivity index (χ2v) is 4.51. The molecule has 5 N–H and O–H groups in total. The van der Waals surface area contributed by atoms with Gasteiger partial charge in [0.2, 0.25) is 5.95 Å². The maximum atomic E-state index is 11.2. The maximum Gasteiger partial charge on any atom is 0.222 e. The highest BCUT2D eigenvalue weighted by Gasteiger charge is 2.09. The van der Waals surface area contributed by atoms with E-state index in [1.807, 2.05) is 36.4 Å². The number of hydrazine groups is 1. The number of aldehydes is 1. The molecule has 0 saturated carbocycles. The van der Waals surface area contributed by atoms with Crippen molar-refractivity contribution < 1.29 is 4.79 Å². The normalized spacial score (nSPS) is 10.5. The monoisotopic (exact) mass is 279 g/mol. The molecule has 0 unspecified atom stereocenters. The first-order valence-electron chi connectivity index (χ1n) is 6.31. The summed E-state index contributed by atoms with van der Waals surface area (Å²) < 4.78 is 0. The summed E-state index contributed by atoms with van der Waals surface area (Å²) in [6.45, 7) is 0. The molecule has 104 valence electrons. The Balaban J connectivity index is 2.26. The van der Waals surface area contributed by atoms with E-state index in [2.05, 4.69) is 15.4 Å². The van der Waals surface area contributed by atoms with E-state index < -0.39 is 0 Å². The van der Waals surface area contributed by atoms with Crippen molar-refractivity contribution in [1.29, 1.82) is 0 Å². The van der Waals surface area contributed by atoms with Gasteiger partial charge in [-0.1, -0.05) is 30.3 Å². The summed E-state index contributed by atoms with van der Waals surface area (Å²) in [6, 6.07) is 13.0. The van der Waals surface area contributed by atoms with Gasteiger partial charge >= 0.3 is 0 Å². The molecule has 0 bridgehead atoms. The number of fused-ring (bicyclic) bond motifs is 1. The van der Waals surface area contributed by atoms with Crippen molar-refractivity contribution in [2.24, 2.45) is 5.84 Å². The summed E-state index contributed by atoms with van der Waals surface area (Å²) in [7, 11) is 0. The molecule has 1 aromatic heterocycles. The van der Waals surface area contributed by atoms with Crippen LogP contribution in [0.5, 0.6) is 0 Å². The number of nitrogen functional groups attached to an aromatic ring is 2. The minimum absolute atomic E-state index is 0.150. The minimum Gasteiger partial charge on any atom is -0.368 e. The topological polar surface area (TPSA) is 107 Å². The first-order chi connectivity index (χ1) is 10.2. The molecule has 0 atom stereocenters. The molecule has 6 heteroatoms. The third kappa shape index (κ3) is 2.28. The molecule has 2 aromatic carbocycles. The highest BCUT2D eigenvalue weighted by Crippen LogP contribution is 2.29. The summed E-state index contributed by atoms with van der Waals surface area (Å²) in [5.74, 6) is 6.07. The van der Waals surface area contributed by atoms with Crippen LogP contribution in [0.1, 0.15) is 10.4 Å². The summed E-state index contributed by atoms with van der Waals surface area (Å²) in [5.41, 5.74) is 11.2. The van der Waals surface area contributed by atoms with E-state index in [9.17, 15) is 4.79 Å².